The topological polar surface area (TPSA) is 80.0 Å². The molecule has 6 heteroatoms. The summed E-state index contributed by atoms with van der Waals surface area (Å²) in [5.41, 5.74) is 2.95. The summed E-state index contributed by atoms with van der Waals surface area (Å²) < 4.78 is 0. The first-order valence-corrected chi connectivity index (χ1v) is 6.83. The van der Waals surface area contributed by atoms with Crippen LogP contribution in [0.4, 0.5) is 5.82 Å². The van der Waals surface area contributed by atoms with E-state index in [0.717, 1.165) is 6.42 Å². The Bertz CT molecular complexity index is 524. The Labute approximate surface area is 115 Å². The van der Waals surface area contributed by atoms with Crippen LogP contribution in [-0.4, -0.2) is 16.9 Å². The smallest absolute Gasteiger partial charge is 0.253 e. The molecule has 1 unspecified atom stereocenters. The molecule has 2 aromatic rings. The van der Waals surface area contributed by atoms with Crippen LogP contribution in [0.5, 0.6) is 0 Å². The van der Waals surface area contributed by atoms with Crippen LogP contribution in [0.25, 0.3) is 0 Å². The number of nitrogens with two attached hydrogens (primary N) is 1. The number of pyridine rings is 1. The second-order valence-electron chi connectivity index (χ2n) is 4.23. The average molecular weight is 276 g/mol. The van der Waals surface area contributed by atoms with Crippen LogP contribution >= 0.6 is 11.3 Å². The monoisotopic (exact) mass is 276 g/mol. The molecular weight excluding hydrogens is 260 g/mol. The molecule has 0 radical (unpaired) electrons. The van der Waals surface area contributed by atoms with Crippen molar-refractivity contribution in [3.63, 3.8) is 0 Å². The number of rotatable bonds is 5. The summed E-state index contributed by atoms with van der Waals surface area (Å²) in [5.74, 6) is 5.63. The van der Waals surface area contributed by atoms with Gasteiger partial charge in [-0.3, -0.25) is 4.79 Å². The van der Waals surface area contributed by atoms with Crippen molar-refractivity contribution in [3.8, 4) is 0 Å². The molecule has 1 atom stereocenters. The van der Waals surface area contributed by atoms with E-state index in [4.69, 9.17) is 5.84 Å². The molecule has 100 valence electrons. The van der Waals surface area contributed by atoms with Gasteiger partial charge in [0.05, 0.1) is 5.56 Å². The highest BCUT2D eigenvalue weighted by molar-refractivity contribution is 7.09. The average Bonchev–Trinajstić information content (AvgIpc) is 2.91. The predicted octanol–water partition coefficient (Wildman–Crippen LogP) is 1.79. The number of anilines is 1. The lowest BCUT2D eigenvalue weighted by Crippen LogP contribution is -2.33. The van der Waals surface area contributed by atoms with Crippen molar-refractivity contribution in [1.82, 2.24) is 10.3 Å². The number of carbonyl (C=O) groups excluding carboxylic acids is 1. The number of hydrazine groups is 1. The van der Waals surface area contributed by atoms with E-state index in [1.54, 1.807) is 23.5 Å². The summed E-state index contributed by atoms with van der Waals surface area (Å²) in [5, 5.41) is 4.98. The molecule has 0 spiro atoms. The fraction of sp³-hybridized carbons (Fsp3) is 0.231. The van der Waals surface area contributed by atoms with Crippen molar-refractivity contribution in [1.29, 1.82) is 0 Å². The van der Waals surface area contributed by atoms with Crippen molar-refractivity contribution in [2.75, 3.05) is 5.43 Å². The molecular formula is C13H16N4OS. The summed E-state index contributed by atoms with van der Waals surface area (Å²) in [6.07, 6.45) is 2.33. The van der Waals surface area contributed by atoms with Gasteiger partial charge in [0.1, 0.15) is 5.82 Å². The highest BCUT2D eigenvalue weighted by Crippen LogP contribution is 2.11. The molecule has 0 bridgehead atoms. The quantitative estimate of drug-likeness (QED) is 0.574. The van der Waals surface area contributed by atoms with E-state index in [2.05, 4.69) is 21.8 Å². The van der Waals surface area contributed by atoms with Gasteiger partial charge in [-0.2, -0.15) is 0 Å². The van der Waals surface area contributed by atoms with Crippen LogP contribution in [0.15, 0.2) is 35.8 Å². The minimum atomic E-state index is -0.125. The molecule has 0 aliphatic rings. The van der Waals surface area contributed by atoms with Crippen LogP contribution in [-0.2, 0) is 6.42 Å². The first kappa shape index (κ1) is 13.5. The second kappa shape index (κ2) is 6.31. The fourth-order valence-electron chi connectivity index (χ4n) is 1.70. The van der Waals surface area contributed by atoms with Gasteiger partial charge in [-0.1, -0.05) is 6.07 Å². The Kier molecular flexibility index (Phi) is 4.48. The lowest BCUT2D eigenvalue weighted by molar-refractivity contribution is 0.0940. The minimum Gasteiger partial charge on any atom is -0.349 e. The molecule has 0 saturated carbocycles. The Morgan fingerprint density at radius 1 is 1.47 bits per heavy atom. The Hall–Kier alpha value is -1.92. The summed E-state index contributed by atoms with van der Waals surface area (Å²) in [6, 6.07) is 7.51. The van der Waals surface area contributed by atoms with Crippen molar-refractivity contribution in [2.24, 2.45) is 5.84 Å². The Morgan fingerprint density at radius 3 is 2.89 bits per heavy atom. The number of hydrogen-bond acceptors (Lipinski definition) is 5. The van der Waals surface area contributed by atoms with E-state index in [9.17, 15) is 4.79 Å². The molecule has 0 fully saturated rings. The number of hydrogen-bond donors (Lipinski definition) is 3. The van der Waals surface area contributed by atoms with Crippen molar-refractivity contribution in [2.45, 2.75) is 19.4 Å². The van der Waals surface area contributed by atoms with Crippen LogP contribution in [0.3, 0.4) is 0 Å². The number of nitrogen functional groups attached to an aromatic ring is 1. The molecule has 2 rings (SSSR count). The SMILES string of the molecule is CC(Cc1cccs1)NC(=O)c1ccc(NN)nc1. The summed E-state index contributed by atoms with van der Waals surface area (Å²) in [6.45, 7) is 1.99. The zero-order valence-electron chi connectivity index (χ0n) is 10.6. The number of amides is 1. The van der Waals surface area contributed by atoms with Gasteiger partial charge in [0.25, 0.3) is 5.91 Å². The lowest BCUT2D eigenvalue weighted by atomic mass is 10.2. The Balaban J connectivity index is 1.92. The highest BCUT2D eigenvalue weighted by atomic mass is 32.1. The summed E-state index contributed by atoms with van der Waals surface area (Å²) >= 11 is 1.69. The number of thiophene rings is 1. The van der Waals surface area contributed by atoms with Gasteiger partial charge in [-0.05, 0) is 30.5 Å². The summed E-state index contributed by atoms with van der Waals surface area (Å²) in [7, 11) is 0. The van der Waals surface area contributed by atoms with Gasteiger partial charge in [-0.25, -0.2) is 10.8 Å². The minimum absolute atomic E-state index is 0.0819. The molecule has 0 saturated heterocycles. The maximum absolute atomic E-state index is 12.0. The van der Waals surface area contributed by atoms with E-state index < -0.39 is 0 Å². The largest absolute Gasteiger partial charge is 0.349 e. The van der Waals surface area contributed by atoms with Crippen LogP contribution in [0, 0.1) is 0 Å². The van der Waals surface area contributed by atoms with E-state index in [0.29, 0.717) is 11.4 Å². The maximum Gasteiger partial charge on any atom is 0.253 e. The normalized spacial score (nSPS) is 11.9. The standard InChI is InChI=1S/C13H16N4OS/c1-9(7-11-3-2-6-19-11)16-13(18)10-4-5-12(17-14)15-8-10/h2-6,8-9H,7,14H2,1H3,(H,15,17)(H,16,18). The van der Waals surface area contributed by atoms with Crippen molar-refractivity contribution >= 4 is 23.1 Å². The van der Waals surface area contributed by atoms with Gasteiger partial charge in [0.2, 0.25) is 0 Å². The lowest BCUT2D eigenvalue weighted by Gasteiger charge is -2.13. The molecule has 2 aromatic heterocycles. The third-order valence-electron chi connectivity index (χ3n) is 2.64. The van der Waals surface area contributed by atoms with Gasteiger partial charge >= 0.3 is 0 Å². The number of nitrogens with one attached hydrogen (secondary N) is 2. The molecule has 19 heavy (non-hydrogen) atoms. The van der Waals surface area contributed by atoms with Gasteiger partial charge in [0, 0.05) is 23.5 Å². The van der Waals surface area contributed by atoms with Gasteiger partial charge in [-0.15, -0.1) is 11.3 Å². The van der Waals surface area contributed by atoms with E-state index in [1.165, 1.54) is 11.1 Å². The van der Waals surface area contributed by atoms with Gasteiger partial charge in [0.15, 0.2) is 0 Å². The van der Waals surface area contributed by atoms with Crippen molar-refractivity contribution < 1.29 is 4.79 Å². The first-order chi connectivity index (χ1) is 9.19. The highest BCUT2D eigenvalue weighted by Gasteiger charge is 2.11. The van der Waals surface area contributed by atoms with E-state index >= 15 is 0 Å². The van der Waals surface area contributed by atoms with Gasteiger partial charge < -0.3 is 10.7 Å². The zero-order chi connectivity index (χ0) is 13.7. The maximum atomic E-state index is 12.0. The number of carbonyl (C=O) groups is 1. The van der Waals surface area contributed by atoms with Crippen LogP contribution < -0.4 is 16.6 Å². The number of nitrogens with zero attached hydrogens (tertiary/aromatic N) is 1. The molecule has 5 nitrogen and oxygen atoms in total. The first-order valence-electron chi connectivity index (χ1n) is 5.95. The van der Waals surface area contributed by atoms with E-state index in [1.807, 2.05) is 18.4 Å². The molecule has 4 N–H and O–H groups in total. The third-order valence-corrected chi connectivity index (χ3v) is 3.54. The molecule has 1 amide bonds. The molecule has 0 aliphatic heterocycles. The third kappa shape index (κ3) is 3.77. The predicted molar refractivity (Wildman–Crippen MR) is 77.0 cm³/mol. The molecule has 0 aliphatic carbocycles. The van der Waals surface area contributed by atoms with Crippen molar-refractivity contribution in [3.05, 3.63) is 46.3 Å². The van der Waals surface area contributed by atoms with Crippen LogP contribution in [0.1, 0.15) is 22.2 Å². The zero-order valence-corrected chi connectivity index (χ0v) is 11.4. The molecule has 2 heterocycles. The number of aromatic nitrogens is 1. The second-order valence-corrected chi connectivity index (χ2v) is 5.27. The Morgan fingerprint density at radius 2 is 2.32 bits per heavy atom. The van der Waals surface area contributed by atoms with Crippen LogP contribution in [0.2, 0.25) is 0 Å². The van der Waals surface area contributed by atoms with E-state index in [-0.39, 0.29) is 11.9 Å². The molecule has 0 aromatic carbocycles. The summed E-state index contributed by atoms with van der Waals surface area (Å²) in [4.78, 5) is 17.2. The fourth-order valence-corrected chi connectivity index (χ4v) is 2.54.